The van der Waals surface area contributed by atoms with Gasteiger partial charge in [-0.25, -0.2) is 0 Å². The fraction of sp³-hybridized carbons (Fsp3) is 1.00. The zero-order valence-corrected chi connectivity index (χ0v) is 9.47. The van der Waals surface area contributed by atoms with Crippen molar-refractivity contribution in [3.63, 3.8) is 0 Å². The molecule has 2 heteroatoms. The van der Waals surface area contributed by atoms with Crippen LogP contribution >= 0.6 is 0 Å². The summed E-state index contributed by atoms with van der Waals surface area (Å²) < 4.78 is 0. The van der Waals surface area contributed by atoms with E-state index < -0.39 is 0 Å². The van der Waals surface area contributed by atoms with Crippen LogP contribution < -0.4 is 11.1 Å². The highest BCUT2D eigenvalue weighted by Gasteiger charge is 2.07. The van der Waals surface area contributed by atoms with E-state index in [1.807, 2.05) is 0 Å². The molecule has 0 aliphatic rings. The fourth-order valence-electron chi connectivity index (χ4n) is 1.43. The zero-order chi connectivity index (χ0) is 10.1. The molecule has 13 heavy (non-hydrogen) atoms. The maximum atomic E-state index is 5.70. The largest absolute Gasteiger partial charge is 0.329 e. The lowest BCUT2D eigenvalue weighted by Crippen LogP contribution is -2.41. The first-order valence-corrected chi connectivity index (χ1v) is 5.70. The van der Waals surface area contributed by atoms with E-state index in [9.17, 15) is 0 Å². The maximum absolute atomic E-state index is 5.70. The lowest BCUT2D eigenvalue weighted by atomic mass is 10.1. The van der Waals surface area contributed by atoms with E-state index in [1.165, 1.54) is 32.1 Å². The molecule has 0 aliphatic heterocycles. The van der Waals surface area contributed by atoms with Gasteiger partial charge in [-0.15, -0.1) is 0 Å². The first-order valence-electron chi connectivity index (χ1n) is 5.70. The molecule has 0 amide bonds. The Morgan fingerprint density at radius 3 is 2.38 bits per heavy atom. The molecule has 3 N–H and O–H groups in total. The second kappa shape index (κ2) is 8.52. The van der Waals surface area contributed by atoms with E-state index in [4.69, 9.17) is 5.73 Å². The standard InChI is InChI=1S/C11H26N2/c1-4-6-7-8-11(9-12)13-10(3)5-2/h10-11,13H,4-9,12H2,1-3H3. The lowest BCUT2D eigenvalue weighted by Gasteiger charge is -2.21. The molecule has 2 atom stereocenters. The number of rotatable bonds is 8. The van der Waals surface area contributed by atoms with Crippen LogP contribution in [0.5, 0.6) is 0 Å². The van der Waals surface area contributed by atoms with Gasteiger partial charge in [0.1, 0.15) is 0 Å². The van der Waals surface area contributed by atoms with Crippen LogP contribution in [0.4, 0.5) is 0 Å². The Morgan fingerprint density at radius 1 is 1.23 bits per heavy atom. The van der Waals surface area contributed by atoms with Gasteiger partial charge in [0.2, 0.25) is 0 Å². The number of hydrogen-bond donors (Lipinski definition) is 2. The SMILES string of the molecule is CCCCCC(CN)NC(C)CC. The summed E-state index contributed by atoms with van der Waals surface area (Å²) in [6, 6.07) is 1.14. The summed E-state index contributed by atoms with van der Waals surface area (Å²) in [5, 5.41) is 3.55. The fourth-order valence-corrected chi connectivity index (χ4v) is 1.43. The van der Waals surface area contributed by atoms with Crippen LogP contribution in [0.2, 0.25) is 0 Å². The number of unbranched alkanes of at least 4 members (excludes halogenated alkanes) is 2. The molecular weight excluding hydrogens is 160 g/mol. The molecule has 80 valence electrons. The predicted molar refractivity (Wildman–Crippen MR) is 59.9 cm³/mol. The molecule has 0 aromatic carbocycles. The summed E-state index contributed by atoms with van der Waals surface area (Å²) in [6.07, 6.45) is 6.35. The highest BCUT2D eigenvalue weighted by Crippen LogP contribution is 2.04. The van der Waals surface area contributed by atoms with Crippen molar-refractivity contribution < 1.29 is 0 Å². The molecule has 0 radical (unpaired) electrons. The van der Waals surface area contributed by atoms with Crippen molar-refractivity contribution in [2.45, 2.75) is 65.0 Å². The first kappa shape index (κ1) is 12.9. The molecular formula is C11H26N2. The van der Waals surface area contributed by atoms with Gasteiger partial charge in [0, 0.05) is 18.6 Å². The smallest absolute Gasteiger partial charge is 0.0192 e. The van der Waals surface area contributed by atoms with Gasteiger partial charge in [-0.3, -0.25) is 0 Å². The van der Waals surface area contributed by atoms with Crippen molar-refractivity contribution in [2.75, 3.05) is 6.54 Å². The van der Waals surface area contributed by atoms with Gasteiger partial charge in [0.25, 0.3) is 0 Å². The summed E-state index contributed by atoms with van der Waals surface area (Å²) >= 11 is 0. The topological polar surface area (TPSA) is 38.0 Å². The van der Waals surface area contributed by atoms with Crippen molar-refractivity contribution in [3.8, 4) is 0 Å². The molecule has 0 rings (SSSR count). The molecule has 0 spiro atoms. The zero-order valence-electron chi connectivity index (χ0n) is 9.47. The molecule has 0 saturated heterocycles. The van der Waals surface area contributed by atoms with Crippen LogP contribution in [0.1, 0.15) is 52.9 Å². The average molecular weight is 186 g/mol. The normalized spacial score (nSPS) is 15.7. The maximum Gasteiger partial charge on any atom is 0.0192 e. The second-order valence-corrected chi connectivity index (χ2v) is 3.90. The van der Waals surface area contributed by atoms with Crippen molar-refractivity contribution >= 4 is 0 Å². The quantitative estimate of drug-likeness (QED) is 0.571. The molecule has 0 saturated carbocycles. The van der Waals surface area contributed by atoms with E-state index >= 15 is 0 Å². The predicted octanol–water partition coefficient (Wildman–Crippen LogP) is 2.28. The van der Waals surface area contributed by atoms with E-state index in [0.29, 0.717) is 12.1 Å². The third kappa shape index (κ3) is 7.03. The summed E-state index contributed by atoms with van der Waals surface area (Å²) in [4.78, 5) is 0. The van der Waals surface area contributed by atoms with Gasteiger partial charge in [0.15, 0.2) is 0 Å². The molecule has 0 aliphatic carbocycles. The van der Waals surface area contributed by atoms with E-state index in [-0.39, 0.29) is 0 Å². The second-order valence-electron chi connectivity index (χ2n) is 3.90. The Morgan fingerprint density at radius 2 is 1.92 bits per heavy atom. The van der Waals surface area contributed by atoms with Gasteiger partial charge in [-0.05, 0) is 19.8 Å². The van der Waals surface area contributed by atoms with Crippen LogP contribution in [-0.4, -0.2) is 18.6 Å². The third-order valence-electron chi connectivity index (χ3n) is 2.57. The Balaban J connectivity index is 3.50. The van der Waals surface area contributed by atoms with Gasteiger partial charge < -0.3 is 11.1 Å². The van der Waals surface area contributed by atoms with Crippen LogP contribution in [0.3, 0.4) is 0 Å². The Bertz CT molecular complexity index is 104. The summed E-state index contributed by atoms with van der Waals surface area (Å²) in [7, 11) is 0. The summed E-state index contributed by atoms with van der Waals surface area (Å²) in [5.74, 6) is 0. The van der Waals surface area contributed by atoms with Gasteiger partial charge in [-0.2, -0.15) is 0 Å². The number of hydrogen-bond acceptors (Lipinski definition) is 2. The Labute approximate surface area is 83.3 Å². The highest BCUT2D eigenvalue weighted by molar-refractivity contribution is 4.71. The molecule has 0 bridgehead atoms. The lowest BCUT2D eigenvalue weighted by molar-refractivity contribution is 0.409. The van der Waals surface area contributed by atoms with Crippen molar-refractivity contribution in [1.82, 2.24) is 5.32 Å². The van der Waals surface area contributed by atoms with Gasteiger partial charge in [-0.1, -0.05) is 33.1 Å². The van der Waals surface area contributed by atoms with Crippen molar-refractivity contribution in [2.24, 2.45) is 5.73 Å². The minimum absolute atomic E-state index is 0.529. The van der Waals surface area contributed by atoms with E-state index in [0.717, 1.165) is 6.54 Å². The van der Waals surface area contributed by atoms with Crippen LogP contribution in [0.15, 0.2) is 0 Å². The summed E-state index contributed by atoms with van der Waals surface area (Å²) in [6.45, 7) is 7.44. The van der Waals surface area contributed by atoms with Gasteiger partial charge in [0.05, 0.1) is 0 Å². The average Bonchev–Trinajstić information content (AvgIpc) is 2.16. The molecule has 2 unspecified atom stereocenters. The van der Waals surface area contributed by atoms with E-state index in [2.05, 4.69) is 26.1 Å². The Kier molecular flexibility index (Phi) is 8.46. The molecule has 2 nitrogen and oxygen atoms in total. The van der Waals surface area contributed by atoms with E-state index in [1.54, 1.807) is 0 Å². The monoisotopic (exact) mass is 186 g/mol. The van der Waals surface area contributed by atoms with Crippen molar-refractivity contribution in [1.29, 1.82) is 0 Å². The molecule has 0 aromatic heterocycles. The molecule has 0 aromatic rings. The van der Waals surface area contributed by atoms with Crippen molar-refractivity contribution in [3.05, 3.63) is 0 Å². The molecule has 0 fully saturated rings. The van der Waals surface area contributed by atoms with Crippen LogP contribution in [0, 0.1) is 0 Å². The van der Waals surface area contributed by atoms with Gasteiger partial charge >= 0.3 is 0 Å². The third-order valence-corrected chi connectivity index (χ3v) is 2.57. The molecule has 0 heterocycles. The van der Waals surface area contributed by atoms with Crippen LogP contribution in [-0.2, 0) is 0 Å². The first-order chi connectivity index (χ1) is 6.24. The Hall–Kier alpha value is -0.0800. The summed E-state index contributed by atoms with van der Waals surface area (Å²) in [5.41, 5.74) is 5.70. The minimum atomic E-state index is 0.529. The van der Waals surface area contributed by atoms with Crippen LogP contribution in [0.25, 0.3) is 0 Å². The number of nitrogens with one attached hydrogen (secondary N) is 1. The highest BCUT2D eigenvalue weighted by atomic mass is 15.0. The minimum Gasteiger partial charge on any atom is -0.329 e. The number of nitrogens with two attached hydrogens (primary N) is 1.